The van der Waals surface area contributed by atoms with E-state index in [-0.39, 0.29) is 75.6 Å². The fraction of sp³-hybridized carbons (Fsp3) is 0.588. The lowest BCUT2D eigenvalue weighted by Gasteiger charge is -2.36. The van der Waals surface area contributed by atoms with Crippen LogP contribution in [0.3, 0.4) is 0 Å². The van der Waals surface area contributed by atoms with Crippen molar-refractivity contribution >= 4 is 129 Å². The molecule has 2 aliphatic heterocycles. The van der Waals surface area contributed by atoms with Gasteiger partial charge in [0.25, 0.3) is 0 Å². The van der Waals surface area contributed by atoms with Crippen molar-refractivity contribution in [2.75, 3.05) is 36.2 Å². The Hall–Kier alpha value is -2.64. The first-order valence-electron chi connectivity index (χ1n) is 16.5. The minimum Gasteiger partial charge on any atom is -0.463 e. The number of Topliss-reactive ketones (excluding diaryl/α,β-unsaturated/α-hetero) is 4. The number of carbonyl (C=O) groups is 10. The van der Waals surface area contributed by atoms with Gasteiger partial charge in [-0.1, -0.05) is 23.5 Å². The van der Waals surface area contributed by atoms with Crippen LogP contribution in [0.5, 0.6) is 0 Å². The first-order chi connectivity index (χ1) is 26.3. The lowest BCUT2D eigenvalue weighted by molar-refractivity contribution is -0.154. The third-order valence-corrected chi connectivity index (χ3v) is 13.1. The van der Waals surface area contributed by atoms with E-state index in [1.165, 1.54) is 65.6 Å². The third-order valence-electron chi connectivity index (χ3n) is 6.34. The second-order valence-corrected chi connectivity index (χ2v) is 17.5. The number of thiol groups is 1. The quantitative estimate of drug-likeness (QED) is 0.0680. The molecule has 17 nitrogen and oxygen atoms in total. The second kappa shape index (κ2) is 27.9. The average Bonchev–Trinajstić information content (AvgIpc) is 3.57. The molecule has 0 bridgehead atoms. The van der Waals surface area contributed by atoms with E-state index in [1.807, 2.05) is 0 Å². The van der Waals surface area contributed by atoms with Gasteiger partial charge >= 0.3 is 23.9 Å². The minimum absolute atomic E-state index is 0.0255. The summed E-state index contributed by atoms with van der Waals surface area (Å²) in [5, 5.41) is 24.8. The number of hydrogen-bond donors (Lipinski definition) is 4. The normalized spacial score (nSPS) is 22.6. The summed E-state index contributed by atoms with van der Waals surface area (Å²) in [6, 6.07) is -0.193. The molecule has 0 saturated carbocycles. The molecule has 0 aliphatic carbocycles. The number of carbonyl (C=O) groups excluding carboxylic acids is 10. The molecule has 2 aliphatic rings. The minimum atomic E-state index is -1.66. The highest BCUT2D eigenvalue weighted by Crippen LogP contribution is 2.43. The summed E-state index contributed by atoms with van der Waals surface area (Å²) in [4.78, 5) is 105. The van der Waals surface area contributed by atoms with Gasteiger partial charge in [0.2, 0.25) is 10.7 Å². The molecule has 3 unspecified atom stereocenters. The van der Waals surface area contributed by atoms with E-state index in [0.29, 0.717) is 11.5 Å². The van der Waals surface area contributed by atoms with Gasteiger partial charge in [-0.25, -0.2) is 9.59 Å². The van der Waals surface area contributed by atoms with Crippen LogP contribution in [0.2, 0.25) is 0 Å². The van der Waals surface area contributed by atoms with Crippen molar-refractivity contribution < 1.29 is 77.1 Å². The lowest BCUT2D eigenvalue weighted by Crippen LogP contribution is -2.50. The van der Waals surface area contributed by atoms with Gasteiger partial charge in [0.15, 0.2) is 38.3 Å². The Labute approximate surface area is 357 Å². The number of esters is 4. The van der Waals surface area contributed by atoms with Crippen LogP contribution in [-0.2, 0) is 66.9 Å². The van der Waals surface area contributed by atoms with E-state index in [1.54, 1.807) is 13.8 Å². The van der Waals surface area contributed by atoms with Gasteiger partial charge in [0.1, 0.15) is 10.7 Å². The van der Waals surface area contributed by atoms with Crippen LogP contribution in [0, 0.1) is 0 Å². The number of thioether (sulfide) groups is 5. The molecule has 2 heterocycles. The summed E-state index contributed by atoms with van der Waals surface area (Å²) in [6.07, 6.45) is 0. The molecule has 322 valence electrons. The first kappa shape index (κ1) is 56.5. The Morgan fingerprint density at radius 3 is 1.47 bits per heavy atom. The van der Waals surface area contributed by atoms with Crippen LogP contribution in [0.25, 0.3) is 0 Å². The van der Waals surface area contributed by atoms with Crippen LogP contribution < -0.4 is 5.32 Å². The molecule has 3 N–H and O–H groups in total. The maximum atomic E-state index is 11.4. The fourth-order valence-corrected chi connectivity index (χ4v) is 8.75. The molecule has 0 spiro atoms. The lowest BCUT2D eigenvalue weighted by atomic mass is 10.1. The molecule has 2 fully saturated rings. The number of allylic oxidation sites excluding steroid dienone is 1. The van der Waals surface area contributed by atoms with E-state index in [0.717, 1.165) is 59.4 Å². The van der Waals surface area contributed by atoms with Gasteiger partial charge in [-0.15, -0.1) is 35.3 Å². The van der Waals surface area contributed by atoms with E-state index in [9.17, 15) is 58.2 Å². The number of nitrogens with one attached hydrogen (secondary N) is 1. The summed E-state index contributed by atoms with van der Waals surface area (Å²) >= 11 is 8.89. The molecule has 4 atom stereocenters. The highest BCUT2D eigenvalue weighted by Gasteiger charge is 2.50. The molecule has 0 aromatic rings. The van der Waals surface area contributed by atoms with Crippen molar-refractivity contribution in [3.8, 4) is 0 Å². The van der Waals surface area contributed by atoms with E-state index >= 15 is 0 Å². The monoisotopic (exact) mass is 919 g/mol. The Bertz CT molecular complexity index is 1560. The summed E-state index contributed by atoms with van der Waals surface area (Å²) in [7, 11) is 0. The van der Waals surface area contributed by atoms with Crippen molar-refractivity contribution in [1.82, 2.24) is 5.32 Å². The zero-order valence-corrected chi connectivity index (χ0v) is 38.0. The van der Waals surface area contributed by atoms with Gasteiger partial charge < -0.3 is 29.2 Å². The van der Waals surface area contributed by atoms with Gasteiger partial charge in [-0.3, -0.25) is 43.7 Å². The van der Waals surface area contributed by atoms with Crippen LogP contribution in [0.15, 0.2) is 22.3 Å². The van der Waals surface area contributed by atoms with Gasteiger partial charge in [-0.2, -0.15) is 12.6 Å². The molecule has 2 rings (SSSR count). The smallest absolute Gasteiger partial charge is 0.374 e. The van der Waals surface area contributed by atoms with Crippen LogP contribution in [-0.4, -0.2) is 124 Å². The Morgan fingerprint density at radius 2 is 1.16 bits per heavy atom. The highest BCUT2D eigenvalue weighted by atomic mass is 32.2. The standard InChI is InChI=1S/C9H14O5S2.C9H12O5S.C8H13NO2S2.C8H10O4S/c1-3-14-7(11)9(13)5-15-8(12,4-16-9)6(2)10;1-4-13-9(12)8(14-6(2)10)5-15-7(3)11;1-5(10)7-3-13-8(4-12,9-7)6(2)11;1-5(9)8(12-6(2)10)4-13-7(3)11/h12-13H,3-5H2,1-2H3;5H,4H2,1-3H3;7,9,12H,3-4H2,1-2H3;4H,1-3H3/b;8-5-;;8-4-/t;;7-,8?;/m..0./s1. The number of ether oxygens (including phenoxy) is 4. The molecule has 0 aromatic carbocycles. The van der Waals surface area contributed by atoms with Crippen LogP contribution >= 0.6 is 71.4 Å². The van der Waals surface area contributed by atoms with Crippen molar-refractivity contribution in [2.24, 2.45) is 0 Å². The molecule has 57 heavy (non-hydrogen) atoms. The van der Waals surface area contributed by atoms with Crippen LogP contribution in [0.4, 0.5) is 0 Å². The number of hydrogen-bond acceptors (Lipinski definition) is 23. The average molecular weight is 920 g/mol. The van der Waals surface area contributed by atoms with Crippen molar-refractivity contribution in [2.45, 2.75) is 90.0 Å². The van der Waals surface area contributed by atoms with Crippen molar-refractivity contribution in [1.29, 1.82) is 0 Å². The van der Waals surface area contributed by atoms with Gasteiger partial charge in [-0.05, 0) is 34.6 Å². The van der Waals surface area contributed by atoms with Crippen molar-refractivity contribution in [3.05, 3.63) is 22.3 Å². The maximum absolute atomic E-state index is 11.4. The Kier molecular flexibility index (Phi) is 27.7. The fourth-order valence-electron chi connectivity index (χ4n) is 3.38. The topological polar surface area (TPSA) is 260 Å². The second-order valence-electron chi connectivity index (χ2n) is 11.2. The molecule has 0 radical (unpaired) electrons. The summed E-state index contributed by atoms with van der Waals surface area (Å²) in [6.45, 7) is 14.3. The SMILES string of the molecule is CC(=O)O/C(=C\SC(C)=O)C(C)=O.CC(=O)[C@@H]1CSC(CS)(C(C)=O)N1.CCOC(=O)/C(=C/SC(C)=O)OC(C)=O.CCOC(=O)C1(O)CSC(O)(C(C)=O)CS1. The molecule has 0 aromatic heterocycles. The molecular weight excluding hydrogens is 871 g/mol. The maximum Gasteiger partial charge on any atom is 0.374 e. The summed E-state index contributed by atoms with van der Waals surface area (Å²) in [5.41, 5.74) is 0. The van der Waals surface area contributed by atoms with E-state index in [2.05, 4.69) is 32.2 Å². The third kappa shape index (κ3) is 22.3. The summed E-state index contributed by atoms with van der Waals surface area (Å²) in [5.74, 6) is -2.73. The van der Waals surface area contributed by atoms with E-state index in [4.69, 9.17) is 4.74 Å². The summed E-state index contributed by atoms with van der Waals surface area (Å²) < 4.78 is 18.5. The number of ketones is 4. The zero-order valence-electron chi connectivity index (χ0n) is 33.1. The Balaban J connectivity index is 0. The highest BCUT2D eigenvalue weighted by molar-refractivity contribution is 8.16. The molecule has 0 amide bonds. The first-order valence-corrected chi connectivity index (χ1v) is 21.9. The largest absolute Gasteiger partial charge is 0.463 e. The molecule has 23 heteroatoms. The molecule has 2 saturated heterocycles. The van der Waals surface area contributed by atoms with Gasteiger partial charge in [0, 0.05) is 68.4 Å². The predicted molar refractivity (Wildman–Crippen MR) is 223 cm³/mol. The van der Waals surface area contributed by atoms with Gasteiger partial charge in [0.05, 0.1) is 19.3 Å². The zero-order chi connectivity index (χ0) is 44.7. The Morgan fingerprint density at radius 1 is 0.702 bits per heavy atom. The van der Waals surface area contributed by atoms with E-state index < -0.39 is 38.6 Å². The van der Waals surface area contributed by atoms with Crippen LogP contribution in [0.1, 0.15) is 69.2 Å². The number of rotatable bonds is 13. The predicted octanol–water partition coefficient (Wildman–Crippen LogP) is 2.98. The molecular formula is C34H49NO16S6. The number of aliphatic hydroxyl groups is 2. The van der Waals surface area contributed by atoms with Crippen molar-refractivity contribution in [3.63, 3.8) is 0 Å².